The molecule has 1 rings (SSSR count). The fraction of sp³-hybridized carbons (Fsp3) is 0.923. The van der Waals surface area contributed by atoms with E-state index in [1.165, 1.54) is 4.31 Å². The van der Waals surface area contributed by atoms with E-state index in [0.717, 1.165) is 19.4 Å². The normalized spacial score (nSPS) is 21.2. The van der Waals surface area contributed by atoms with E-state index in [4.69, 9.17) is 5.11 Å². The number of carboxylic acid groups (broad SMARTS) is 1. The highest BCUT2D eigenvalue weighted by molar-refractivity contribution is 7.89. The zero-order valence-electron chi connectivity index (χ0n) is 12.3. The molecule has 1 heterocycles. The number of hydrogen-bond donors (Lipinski definition) is 2. The van der Waals surface area contributed by atoms with E-state index in [1.807, 2.05) is 0 Å². The van der Waals surface area contributed by atoms with Crippen molar-refractivity contribution in [3.05, 3.63) is 0 Å². The number of aliphatic carboxylic acids is 1. The van der Waals surface area contributed by atoms with Crippen LogP contribution in [0.2, 0.25) is 0 Å². The highest BCUT2D eigenvalue weighted by Crippen LogP contribution is 2.19. The van der Waals surface area contributed by atoms with E-state index in [1.54, 1.807) is 0 Å². The van der Waals surface area contributed by atoms with Crippen LogP contribution < -0.4 is 5.32 Å². The summed E-state index contributed by atoms with van der Waals surface area (Å²) in [5.74, 6) is -0.665. The molecular weight excluding hydrogens is 280 g/mol. The predicted octanol–water partition coefficient (Wildman–Crippen LogP) is 0.891. The average Bonchev–Trinajstić information content (AvgIpc) is 2.36. The fourth-order valence-electron chi connectivity index (χ4n) is 2.38. The Morgan fingerprint density at radius 2 is 2.15 bits per heavy atom. The maximum atomic E-state index is 12.2. The Labute approximate surface area is 121 Å². The lowest BCUT2D eigenvalue weighted by molar-refractivity contribution is -0.137. The lowest BCUT2D eigenvalue weighted by atomic mass is 9.99. The van der Waals surface area contributed by atoms with Crippen molar-refractivity contribution in [2.45, 2.75) is 45.6 Å². The molecule has 1 aliphatic rings. The molecule has 0 saturated carbocycles. The second kappa shape index (κ2) is 7.95. The second-order valence-electron chi connectivity index (χ2n) is 5.74. The Hall–Kier alpha value is -0.660. The third-order valence-electron chi connectivity index (χ3n) is 3.48. The Morgan fingerprint density at radius 1 is 1.45 bits per heavy atom. The minimum Gasteiger partial charge on any atom is -0.481 e. The number of piperidine rings is 1. The molecule has 0 aromatic heterocycles. The van der Waals surface area contributed by atoms with Crippen LogP contribution in [-0.2, 0) is 14.8 Å². The fourth-order valence-corrected chi connectivity index (χ4v) is 4.00. The Kier molecular flexibility index (Phi) is 6.91. The number of hydrogen-bond acceptors (Lipinski definition) is 4. The van der Waals surface area contributed by atoms with Gasteiger partial charge >= 0.3 is 5.97 Å². The molecule has 1 saturated heterocycles. The molecule has 6 nitrogen and oxygen atoms in total. The van der Waals surface area contributed by atoms with Gasteiger partial charge in [-0.25, -0.2) is 12.7 Å². The quantitative estimate of drug-likeness (QED) is 0.695. The van der Waals surface area contributed by atoms with Gasteiger partial charge in [0.25, 0.3) is 0 Å². The Morgan fingerprint density at radius 3 is 2.75 bits per heavy atom. The lowest BCUT2D eigenvalue weighted by Crippen LogP contribution is -2.44. The van der Waals surface area contributed by atoms with Gasteiger partial charge in [0.15, 0.2) is 0 Å². The standard InChI is InChI=1S/C13H26N2O4S/c1-11(2)14-9-12-5-3-7-15(10-12)20(18,19)8-4-6-13(16)17/h11-12,14H,3-10H2,1-2H3,(H,16,17). The van der Waals surface area contributed by atoms with E-state index >= 15 is 0 Å². The summed E-state index contributed by atoms with van der Waals surface area (Å²) >= 11 is 0. The first-order valence-corrected chi connectivity index (χ1v) is 8.85. The highest BCUT2D eigenvalue weighted by Gasteiger charge is 2.28. The number of nitrogens with one attached hydrogen (secondary N) is 1. The first kappa shape index (κ1) is 17.4. The average molecular weight is 306 g/mol. The number of rotatable bonds is 8. The van der Waals surface area contributed by atoms with Crippen molar-refractivity contribution in [1.82, 2.24) is 9.62 Å². The van der Waals surface area contributed by atoms with Gasteiger partial charge in [0.2, 0.25) is 10.0 Å². The van der Waals surface area contributed by atoms with E-state index < -0.39 is 16.0 Å². The van der Waals surface area contributed by atoms with Crippen molar-refractivity contribution in [2.24, 2.45) is 5.92 Å². The smallest absolute Gasteiger partial charge is 0.303 e. The van der Waals surface area contributed by atoms with Crippen molar-refractivity contribution >= 4 is 16.0 Å². The molecular formula is C13H26N2O4S. The highest BCUT2D eigenvalue weighted by atomic mass is 32.2. The summed E-state index contributed by atoms with van der Waals surface area (Å²) in [6.07, 6.45) is 2.01. The Balaban J connectivity index is 2.46. The molecule has 2 N–H and O–H groups in total. The molecule has 1 unspecified atom stereocenters. The van der Waals surface area contributed by atoms with E-state index in [0.29, 0.717) is 25.0 Å². The molecule has 1 atom stereocenters. The van der Waals surface area contributed by atoms with Gasteiger partial charge in [0, 0.05) is 25.6 Å². The molecule has 118 valence electrons. The molecule has 7 heteroatoms. The van der Waals surface area contributed by atoms with Crippen LogP contribution in [0.1, 0.15) is 39.5 Å². The van der Waals surface area contributed by atoms with Gasteiger partial charge in [-0.15, -0.1) is 0 Å². The summed E-state index contributed by atoms with van der Waals surface area (Å²) in [5, 5.41) is 11.9. The minimum absolute atomic E-state index is 0.0658. The van der Waals surface area contributed by atoms with Crippen LogP contribution in [-0.4, -0.2) is 55.2 Å². The summed E-state index contributed by atoms with van der Waals surface area (Å²) in [6.45, 7) is 6.09. The van der Waals surface area contributed by atoms with Crippen LogP contribution >= 0.6 is 0 Å². The molecule has 1 fully saturated rings. The largest absolute Gasteiger partial charge is 0.481 e. The van der Waals surface area contributed by atoms with Crippen LogP contribution in [0.25, 0.3) is 0 Å². The lowest BCUT2D eigenvalue weighted by Gasteiger charge is -2.32. The van der Waals surface area contributed by atoms with Crippen molar-refractivity contribution < 1.29 is 18.3 Å². The minimum atomic E-state index is -3.31. The van der Waals surface area contributed by atoms with Gasteiger partial charge in [0.05, 0.1) is 5.75 Å². The first-order chi connectivity index (χ1) is 9.31. The van der Waals surface area contributed by atoms with Gasteiger partial charge < -0.3 is 10.4 Å². The molecule has 0 amide bonds. The van der Waals surface area contributed by atoms with Crippen LogP contribution in [0.15, 0.2) is 0 Å². The van der Waals surface area contributed by atoms with Gasteiger partial charge in [-0.1, -0.05) is 13.8 Å². The van der Waals surface area contributed by atoms with Crippen molar-refractivity contribution in [3.63, 3.8) is 0 Å². The van der Waals surface area contributed by atoms with Crippen LogP contribution in [0.5, 0.6) is 0 Å². The number of carbonyl (C=O) groups is 1. The molecule has 0 spiro atoms. The first-order valence-electron chi connectivity index (χ1n) is 7.24. The SMILES string of the molecule is CC(C)NCC1CCCN(S(=O)(=O)CCCC(=O)O)C1. The molecule has 20 heavy (non-hydrogen) atoms. The molecule has 0 aromatic carbocycles. The van der Waals surface area contributed by atoms with Gasteiger partial charge in [-0.05, 0) is 31.7 Å². The maximum Gasteiger partial charge on any atom is 0.303 e. The zero-order valence-corrected chi connectivity index (χ0v) is 13.2. The summed E-state index contributed by atoms with van der Waals surface area (Å²) in [7, 11) is -3.31. The van der Waals surface area contributed by atoms with E-state index in [2.05, 4.69) is 19.2 Å². The molecule has 0 bridgehead atoms. The van der Waals surface area contributed by atoms with Crippen molar-refractivity contribution in [2.75, 3.05) is 25.4 Å². The molecule has 0 aliphatic carbocycles. The van der Waals surface area contributed by atoms with Gasteiger partial charge in [-0.3, -0.25) is 4.79 Å². The van der Waals surface area contributed by atoms with Crippen LogP contribution in [0.4, 0.5) is 0 Å². The van der Waals surface area contributed by atoms with E-state index in [9.17, 15) is 13.2 Å². The summed E-state index contributed by atoms with van der Waals surface area (Å²) in [6, 6.07) is 0.401. The van der Waals surface area contributed by atoms with Crippen LogP contribution in [0, 0.1) is 5.92 Å². The third kappa shape index (κ3) is 6.19. The predicted molar refractivity (Wildman–Crippen MR) is 78.1 cm³/mol. The van der Waals surface area contributed by atoms with Gasteiger partial charge in [-0.2, -0.15) is 0 Å². The molecule has 1 aliphatic heterocycles. The summed E-state index contributed by atoms with van der Waals surface area (Å²) in [4.78, 5) is 10.4. The summed E-state index contributed by atoms with van der Waals surface area (Å²) < 4.78 is 25.9. The number of sulfonamides is 1. The summed E-state index contributed by atoms with van der Waals surface area (Å²) in [5.41, 5.74) is 0. The van der Waals surface area contributed by atoms with E-state index in [-0.39, 0.29) is 18.6 Å². The third-order valence-corrected chi connectivity index (χ3v) is 5.41. The topological polar surface area (TPSA) is 86.7 Å². The van der Waals surface area contributed by atoms with Gasteiger partial charge in [0.1, 0.15) is 0 Å². The second-order valence-corrected chi connectivity index (χ2v) is 7.83. The number of nitrogens with zero attached hydrogens (tertiary/aromatic N) is 1. The molecule has 0 radical (unpaired) electrons. The Bertz CT molecular complexity index is 409. The maximum absolute atomic E-state index is 12.2. The zero-order chi connectivity index (χ0) is 15.2. The van der Waals surface area contributed by atoms with Crippen molar-refractivity contribution in [1.29, 1.82) is 0 Å². The molecule has 0 aromatic rings. The number of carboxylic acids is 1. The van der Waals surface area contributed by atoms with Crippen LogP contribution in [0.3, 0.4) is 0 Å². The van der Waals surface area contributed by atoms with Crippen molar-refractivity contribution in [3.8, 4) is 0 Å². The monoisotopic (exact) mass is 306 g/mol.